The lowest BCUT2D eigenvalue weighted by atomic mass is 9.82. The van der Waals surface area contributed by atoms with Crippen LogP contribution in [0.3, 0.4) is 0 Å². The normalized spacial score (nSPS) is 19.8. The van der Waals surface area contributed by atoms with Gasteiger partial charge in [0.1, 0.15) is 13.1 Å². The fourth-order valence-electron chi connectivity index (χ4n) is 9.12. The molecule has 3 fully saturated rings. The van der Waals surface area contributed by atoms with Crippen molar-refractivity contribution >= 4 is 46.8 Å². The molecule has 5 heterocycles. The smallest absolute Gasteiger partial charge is 0.417 e. The summed E-state index contributed by atoms with van der Waals surface area (Å²) in [6.45, 7) is 8.63. The van der Waals surface area contributed by atoms with Gasteiger partial charge in [0.2, 0.25) is 5.54 Å². The number of piperidine rings is 3. The highest BCUT2D eigenvalue weighted by atomic mass is 16.6. The molecule has 3 aromatic rings. The summed E-state index contributed by atoms with van der Waals surface area (Å²) in [4.78, 5) is 89.5. The third-order valence-electron chi connectivity index (χ3n) is 12.3. The van der Waals surface area contributed by atoms with Gasteiger partial charge < -0.3 is 38.6 Å². The van der Waals surface area contributed by atoms with Gasteiger partial charge >= 0.3 is 29.8 Å². The van der Waals surface area contributed by atoms with Gasteiger partial charge in [0.25, 0.3) is 5.91 Å². The van der Waals surface area contributed by atoms with Crippen LogP contribution in [0.1, 0.15) is 69.1 Å². The fourth-order valence-corrected chi connectivity index (χ4v) is 9.12. The number of H-pyrrole nitrogens is 1. The molecule has 0 unspecified atom stereocenters. The Kier molecular flexibility index (Phi) is 12.4. The van der Waals surface area contributed by atoms with Gasteiger partial charge in [0.05, 0.1) is 24.6 Å². The first kappa shape index (κ1) is 40.8. The number of nitrogens with one attached hydrogen (secondary N) is 2. The number of aromatic nitrogens is 1. The molecular formula is C42H54N6O10+. The maximum Gasteiger partial charge on any atom is 0.417 e. The predicted octanol–water partition coefficient (Wildman–Crippen LogP) is 4.07. The fraction of sp³-hybridized carbons (Fsp3) is 0.571. The SMILES string of the molecule is CCOC(=O)C1CC[N+](C2(C(=O)OCC)CCN(C(=O)[C@@H](Cc3cc(C)c4[nH]c(=O)oc4c3)OC(=O)N3CCC(N4CCc5ccccc5NC4=O)CC3)CC2)CC1. The number of hydrogen-bond donors (Lipinski definition) is 2. The van der Waals surface area contributed by atoms with Crippen molar-refractivity contribution in [3.63, 3.8) is 0 Å². The standard InChI is InChI=1S/C42H54N6O10/c1-4-55-37(50)30-10-19-47(20-11-30)42(38(51)56-5-2)15-22-45(23-16-42)36(49)34(26-28-24-27(3)35-33(25-28)57-40(53)44-35)58-41(54)46-17-13-31(14-18-46)48-21-12-29-8-6-7-9-32(29)43-39(48)52/h6-9,24-25,30-31,34H,4-5,10-23,26H2,1-3H3,(H,43,52)(H,44,53)/q+1/t34-/m1/s1. The maximum absolute atomic E-state index is 14.5. The van der Waals surface area contributed by atoms with E-state index in [4.69, 9.17) is 18.6 Å². The van der Waals surface area contributed by atoms with E-state index in [1.807, 2.05) is 42.2 Å². The molecule has 1 atom stereocenters. The number of anilines is 1. The molecule has 16 nitrogen and oxygen atoms in total. The highest BCUT2D eigenvalue weighted by molar-refractivity contribution is 5.91. The van der Waals surface area contributed by atoms with Crippen LogP contribution in [0.2, 0.25) is 0 Å². The number of ether oxygens (including phenoxy) is 3. The molecule has 4 amide bonds. The van der Waals surface area contributed by atoms with Gasteiger partial charge in [-0.05, 0) is 68.9 Å². The van der Waals surface area contributed by atoms with E-state index < -0.39 is 29.4 Å². The molecule has 4 aliphatic heterocycles. The first-order valence-corrected chi connectivity index (χ1v) is 20.6. The van der Waals surface area contributed by atoms with Crippen LogP contribution in [0.15, 0.2) is 45.6 Å². The number of esters is 2. The van der Waals surface area contributed by atoms with Crippen LogP contribution >= 0.6 is 0 Å². The summed E-state index contributed by atoms with van der Waals surface area (Å²) < 4.78 is 22.3. The summed E-state index contributed by atoms with van der Waals surface area (Å²) in [6.07, 6.45) is 1.76. The number of urea groups is 1. The number of amides is 4. The first-order valence-electron chi connectivity index (χ1n) is 20.6. The lowest BCUT2D eigenvalue weighted by Crippen LogP contribution is -2.66. The molecule has 1 aromatic heterocycles. The summed E-state index contributed by atoms with van der Waals surface area (Å²) in [5.74, 6) is -1.78. The number of para-hydroxylation sites is 1. The maximum atomic E-state index is 14.5. The van der Waals surface area contributed by atoms with E-state index in [0.717, 1.165) is 23.2 Å². The second kappa shape index (κ2) is 17.6. The van der Waals surface area contributed by atoms with Crippen LogP contribution in [-0.2, 0) is 41.4 Å². The number of carbonyl (C=O) groups is 5. The lowest BCUT2D eigenvalue weighted by Gasteiger charge is -2.42. The zero-order valence-electron chi connectivity index (χ0n) is 33.6. The van der Waals surface area contributed by atoms with Crippen molar-refractivity contribution < 1.29 is 42.6 Å². The molecule has 16 heteroatoms. The van der Waals surface area contributed by atoms with Crippen LogP contribution in [-0.4, -0.2) is 126 Å². The topological polar surface area (TPSA) is 187 Å². The van der Waals surface area contributed by atoms with E-state index in [1.165, 1.54) is 0 Å². The number of fused-ring (bicyclic) bond motifs is 2. The second-order valence-corrected chi connectivity index (χ2v) is 15.7. The number of aryl methyl sites for hydroxylation is 1. The average molecular weight is 803 g/mol. The molecule has 311 valence electrons. The minimum Gasteiger partial charge on any atom is -0.466 e. The van der Waals surface area contributed by atoms with Crippen molar-refractivity contribution in [2.24, 2.45) is 5.92 Å². The van der Waals surface area contributed by atoms with E-state index in [0.29, 0.717) is 94.5 Å². The summed E-state index contributed by atoms with van der Waals surface area (Å²) >= 11 is 0. The minimum atomic E-state index is -1.21. The number of carbonyl (C=O) groups excluding carboxylic acids is 5. The Hall–Kier alpha value is -5.38. The van der Waals surface area contributed by atoms with E-state index in [9.17, 15) is 28.8 Å². The summed E-state index contributed by atoms with van der Waals surface area (Å²) in [7, 11) is 0. The zero-order valence-corrected chi connectivity index (χ0v) is 33.6. The Morgan fingerprint density at radius 1 is 0.914 bits per heavy atom. The molecule has 0 saturated carbocycles. The van der Waals surface area contributed by atoms with Crippen LogP contribution < -0.4 is 16.0 Å². The Bertz CT molecular complexity index is 2060. The van der Waals surface area contributed by atoms with Gasteiger partial charge in [0.15, 0.2) is 11.7 Å². The average Bonchev–Trinajstić information content (AvgIpc) is 3.53. The Morgan fingerprint density at radius 2 is 1.62 bits per heavy atom. The summed E-state index contributed by atoms with van der Waals surface area (Å²) in [5, 5.41) is 3.03. The Labute approximate surface area is 337 Å². The van der Waals surface area contributed by atoms with Gasteiger partial charge in [-0.3, -0.25) is 14.6 Å². The van der Waals surface area contributed by atoms with Crippen molar-refractivity contribution in [2.75, 3.05) is 64.3 Å². The minimum absolute atomic E-state index is 0.0299. The van der Waals surface area contributed by atoms with Gasteiger partial charge in [0, 0.05) is 76.6 Å². The molecule has 2 aromatic carbocycles. The van der Waals surface area contributed by atoms with Gasteiger partial charge in [-0.1, -0.05) is 24.3 Å². The predicted molar refractivity (Wildman–Crippen MR) is 212 cm³/mol. The molecule has 0 spiro atoms. The monoisotopic (exact) mass is 802 g/mol. The highest BCUT2D eigenvalue weighted by Gasteiger charge is 2.57. The van der Waals surface area contributed by atoms with E-state index >= 15 is 0 Å². The third kappa shape index (κ3) is 8.57. The third-order valence-corrected chi connectivity index (χ3v) is 12.3. The summed E-state index contributed by atoms with van der Waals surface area (Å²) in [5.41, 5.74) is 3.20. The number of aromatic amines is 1. The molecule has 0 bridgehead atoms. The van der Waals surface area contributed by atoms with Crippen molar-refractivity contribution in [2.45, 2.75) is 89.8 Å². The van der Waals surface area contributed by atoms with Crippen LogP contribution in [0.4, 0.5) is 15.3 Å². The molecule has 4 aliphatic rings. The number of likely N-dealkylation sites (tertiary alicyclic amines) is 3. The van der Waals surface area contributed by atoms with E-state index in [-0.39, 0.29) is 56.0 Å². The van der Waals surface area contributed by atoms with Crippen LogP contribution in [0, 0.1) is 12.8 Å². The molecular weight excluding hydrogens is 748 g/mol. The number of oxazole rings is 1. The van der Waals surface area contributed by atoms with Gasteiger partial charge in [-0.2, -0.15) is 4.90 Å². The van der Waals surface area contributed by atoms with Crippen molar-refractivity contribution in [3.8, 4) is 0 Å². The molecule has 0 aliphatic carbocycles. The van der Waals surface area contributed by atoms with Crippen molar-refractivity contribution in [1.82, 2.24) is 24.6 Å². The van der Waals surface area contributed by atoms with Gasteiger partial charge in [-0.15, -0.1) is 0 Å². The highest BCUT2D eigenvalue weighted by Crippen LogP contribution is 2.34. The molecule has 1 radical (unpaired) electrons. The molecule has 3 saturated heterocycles. The van der Waals surface area contributed by atoms with Gasteiger partial charge in [-0.25, -0.2) is 19.2 Å². The lowest BCUT2D eigenvalue weighted by molar-refractivity contribution is -0.161. The van der Waals surface area contributed by atoms with Crippen LogP contribution in [0.5, 0.6) is 0 Å². The molecule has 7 rings (SSSR count). The molecule has 58 heavy (non-hydrogen) atoms. The number of rotatable bonds is 10. The number of nitrogens with zero attached hydrogens (tertiary/aromatic N) is 4. The van der Waals surface area contributed by atoms with Crippen molar-refractivity contribution in [3.05, 3.63) is 63.6 Å². The van der Waals surface area contributed by atoms with Crippen LogP contribution in [0.25, 0.3) is 11.1 Å². The van der Waals surface area contributed by atoms with E-state index in [1.54, 1.807) is 29.7 Å². The Morgan fingerprint density at radius 3 is 2.33 bits per heavy atom. The summed E-state index contributed by atoms with van der Waals surface area (Å²) in [6, 6.07) is 11.1. The quantitative estimate of drug-likeness (QED) is 0.172. The number of benzene rings is 2. The molecule has 2 N–H and O–H groups in total. The van der Waals surface area contributed by atoms with E-state index in [2.05, 4.69) is 15.2 Å². The first-order chi connectivity index (χ1) is 28.0. The Balaban J connectivity index is 1.04. The largest absolute Gasteiger partial charge is 0.466 e. The number of hydrogen-bond acceptors (Lipinski definition) is 11. The second-order valence-electron chi connectivity index (χ2n) is 15.7. The zero-order chi connectivity index (χ0) is 41.0. The van der Waals surface area contributed by atoms with Crippen molar-refractivity contribution in [1.29, 1.82) is 0 Å².